The molecule has 5 nitrogen and oxygen atoms in total. The number of alkyl halides is 3. The summed E-state index contributed by atoms with van der Waals surface area (Å²) < 4.78 is 68.7. The predicted octanol–water partition coefficient (Wildman–Crippen LogP) is 2.75. The highest BCUT2D eigenvalue weighted by Gasteiger charge is 2.39. The molecule has 9 heteroatoms. The molecule has 2 aromatic carbocycles. The SMILES string of the molecule is O=S(=O)(N[C@]1(c2ccccc2)CCNC1)c1ccc(OC(F)(F)F)cc1. The van der Waals surface area contributed by atoms with Crippen LogP contribution in [0.2, 0.25) is 0 Å². The molecular formula is C17H17F3N2O3S. The first-order valence-corrected chi connectivity index (χ1v) is 9.35. The average molecular weight is 386 g/mol. The lowest BCUT2D eigenvalue weighted by Crippen LogP contribution is -2.47. The van der Waals surface area contributed by atoms with Gasteiger partial charge in [-0.05, 0) is 42.8 Å². The molecule has 1 fully saturated rings. The Morgan fingerprint density at radius 2 is 1.69 bits per heavy atom. The van der Waals surface area contributed by atoms with Crippen molar-refractivity contribution in [1.29, 1.82) is 0 Å². The van der Waals surface area contributed by atoms with E-state index in [-0.39, 0.29) is 4.90 Å². The monoisotopic (exact) mass is 386 g/mol. The third-order valence-electron chi connectivity index (χ3n) is 4.18. The third kappa shape index (κ3) is 4.17. The lowest BCUT2D eigenvalue weighted by Gasteiger charge is -2.30. The number of sulfonamides is 1. The molecule has 0 bridgehead atoms. The molecule has 2 N–H and O–H groups in total. The van der Waals surface area contributed by atoms with Crippen molar-refractivity contribution in [3.63, 3.8) is 0 Å². The van der Waals surface area contributed by atoms with Crippen LogP contribution in [0.4, 0.5) is 13.2 Å². The van der Waals surface area contributed by atoms with Crippen molar-refractivity contribution in [2.75, 3.05) is 13.1 Å². The first kappa shape index (κ1) is 18.7. The Labute approximate surface area is 149 Å². The summed E-state index contributed by atoms with van der Waals surface area (Å²) in [5.41, 5.74) is 0.0203. The Bertz CT molecular complexity index is 847. The van der Waals surface area contributed by atoms with Gasteiger partial charge in [0.1, 0.15) is 5.75 Å². The maximum atomic E-state index is 12.8. The molecule has 1 atom stereocenters. The zero-order chi connectivity index (χ0) is 18.8. The summed E-state index contributed by atoms with van der Waals surface area (Å²) in [6.45, 7) is 1.07. The molecule has 26 heavy (non-hydrogen) atoms. The Morgan fingerprint density at radius 1 is 1.04 bits per heavy atom. The van der Waals surface area contributed by atoms with Crippen LogP contribution in [0.15, 0.2) is 59.5 Å². The minimum atomic E-state index is -4.83. The van der Waals surface area contributed by atoms with Gasteiger partial charge in [-0.3, -0.25) is 0 Å². The van der Waals surface area contributed by atoms with Crippen LogP contribution >= 0.6 is 0 Å². The normalized spacial score (nSPS) is 20.9. The van der Waals surface area contributed by atoms with Crippen LogP contribution in [-0.4, -0.2) is 27.9 Å². The first-order valence-electron chi connectivity index (χ1n) is 7.86. The van der Waals surface area contributed by atoms with E-state index >= 15 is 0 Å². The van der Waals surface area contributed by atoms with E-state index in [1.807, 2.05) is 30.3 Å². The van der Waals surface area contributed by atoms with Gasteiger partial charge in [0, 0.05) is 6.54 Å². The van der Waals surface area contributed by atoms with Gasteiger partial charge < -0.3 is 10.1 Å². The molecule has 0 spiro atoms. The fraction of sp³-hybridized carbons (Fsp3) is 0.294. The van der Waals surface area contributed by atoms with Gasteiger partial charge in [0.05, 0.1) is 10.4 Å². The topological polar surface area (TPSA) is 67.4 Å². The molecule has 0 aliphatic carbocycles. The predicted molar refractivity (Wildman–Crippen MR) is 89.1 cm³/mol. The van der Waals surface area contributed by atoms with E-state index in [1.165, 1.54) is 0 Å². The van der Waals surface area contributed by atoms with Gasteiger partial charge in [0.2, 0.25) is 10.0 Å². The standard InChI is InChI=1S/C17H17F3N2O3S/c18-17(19,20)25-14-6-8-15(9-7-14)26(23,24)22-16(10-11-21-12-16)13-4-2-1-3-5-13/h1-9,21-22H,10-12H2/t16-/m1/s1. The number of halogens is 3. The van der Waals surface area contributed by atoms with Crippen molar-refractivity contribution in [1.82, 2.24) is 10.0 Å². The van der Waals surface area contributed by atoms with Crippen LogP contribution in [0.25, 0.3) is 0 Å². The smallest absolute Gasteiger partial charge is 0.406 e. The second-order valence-electron chi connectivity index (χ2n) is 6.00. The van der Waals surface area contributed by atoms with E-state index in [2.05, 4.69) is 14.8 Å². The van der Waals surface area contributed by atoms with Crippen LogP contribution in [0.3, 0.4) is 0 Å². The fourth-order valence-corrected chi connectivity index (χ4v) is 4.40. The molecule has 1 saturated heterocycles. The van der Waals surface area contributed by atoms with Gasteiger partial charge in [-0.2, -0.15) is 4.72 Å². The molecule has 140 valence electrons. The Morgan fingerprint density at radius 3 is 2.23 bits per heavy atom. The largest absolute Gasteiger partial charge is 0.573 e. The Kier molecular flexibility index (Phi) is 4.96. The molecule has 1 aliphatic rings. The van der Waals surface area contributed by atoms with Gasteiger partial charge in [-0.25, -0.2) is 8.42 Å². The van der Waals surface area contributed by atoms with E-state index in [0.717, 1.165) is 29.8 Å². The highest BCUT2D eigenvalue weighted by Crippen LogP contribution is 2.30. The molecule has 1 aliphatic heterocycles. The van der Waals surface area contributed by atoms with Crippen molar-refractivity contribution in [2.24, 2.45) is 0 Å². The summed E-state index contributed by atoms with van der Waals surface area (Å²) in [6.07, 6.45) is -4.27. The van der Waals surface area contributed by atoms with Crippen molar-refractivity contribution in [3.05, 3.63) is 60.2 Å². The van der Waals surface area contributed by atoms with Gasteiger partial charge >= 0.3 is 6.36 Å². The minimum Gasteiger partial charge on any atom is -0.406 e. The number of hydrogen-bond donors (Lipinski definition) is 2. The number of rotatable bonds is 5. The summed E-state index contributed by atoms with van der Waals surface area (Å²) in [7, 11) is -3.94. The van der Waals surface area contributed by atoms with Gasteiger partial charge in [-0.1, -0.05) is 30.3 Å². The van der Waals surface area contributed by atoms with Crippen LogP contribution in [0, 0.1) is 0 Å². The molecule has 0 aromatic heterocycles. The zero-order valence-electron chi connectivity index (χ0n) is 13.6. The maximum Gasteiger partial charge on any atom is 0.573 e. The third-order valence-corrected chi connectivity index (χ3v) is 5.73. The maximum absolute atomic E-state index is 12.8. The Balaban J connectivity index is 1.86. The average Bonchev–Trinajstić information content (AvgIpc) is 3.04. The highest BCUT2D eigenvalue weighted by atomic mass is 32.2. The van der Waals surface area contributed by atoms with Crippen LogP contribution in [0.1, 0.15) is 12.0 Å². The van der Waals surface area contributed by atoms with Gasteiger partial charge in [0.25, 0.3) is 0 Å². The summed E-state index contributed by atoms with van der Waals surface area (Å²) >= 11 is 0. The van der Waals surface area contributed by atoms with E-state index in [9.17, 15) is 21.6 Å². The van der Waals surface area contributed by atoms with Crippen LogP contribution in [0.5, 0.6) is 5.75 Å². The molecule has 3 rings (SSSR count). The molecular weight excluding hydrogens is 369 g/mol. The summed E-state index contributed by atoms with van der Waals surface area (Å²) in [5, 5.41) is 3.15. The molecule has 2 aromatic rings. The van der Waals surface area contributed by atoms with E-state index in [1.54, 1.807) is 0 Å². The molecule has 0 saturated carbocycles. The zero-order valence-corrected chi connectivity index (χ0v) is 14.4. The van der Waals surface area contributed by atoms with E-state index in [4.69, 9.17) is 0 Å². The highest BCUT2D eigenvalue weighted by molar-refractivity contribution is 7.89. The summed E-state index contributed by atoms with van der Waals surface area (Å²) in [4.78, 5) is -0.130. The van der Waals surface area contributed by atoms with Gasteiger partial charge in [-0.15, -0.1) is 13.2 Å². The molecule has 1 heterocycles. The number of hydrogen-bond acceptors (Lipinski definition) is 4. The van der Waals surface area contributed by atoms with Crippen molar-refractivity contribution in [3.8, 4) is 5.75 Å². The Hall–Kier alpha value is -2.10. The van der Waals surface area contributed by atoms with Gasteiger partial charge in [0.15, 0.2) is 0 Å². The lowest BCUT2D eigenvalue weighted by molar-refractivity contribution is -0.274. The second kappa shape index (κ2) is 6.90. The molecule has 0 unspecified atom stereocenters. The van der Waals surface area contributed by atoms with Crippen molar-refractivity contribution >= 4 is 10.0 Å². The quantitative estimate of drug-likeness (QED) is 0.829. The van der Waals surface area contributed by atoms with Crippen molar-refractivity contribution < 1.29 is 26.3 Å². The number of nitrogens with one attached hydrogen (secondary N) is 2. The van der Waals surface area contributed by atoms with Crippen molar-refractivity contribution in [2.45, 2.75) is 23.2 Å². The number of ether oxygens (including phenoxy) is 1. The second-order valence-corrected chi connectivity index (χ2v) is 7.68. The molecule has 0 radical (unpaired) electrons. The fourth-order valence-electron chi connectivity index (χ4n) is 2.98. The van der Waals surface area contributed by atoms with Crippen LogP contribution < -0.4 is 14.8 Å². The summed E-state index contributed by atoms with van der Waals surface area (Å²) in [5.74, 6) is -0.475. The number of benzene rings is 2. The summed E-state index contributed by atoms with van der Waals surface area (Å²) in [6, 6.07) is 13.3. The minimum absolute atomic E-state index is 0.130. The van der Waals surface area contributed by atoms with E-state index in [0.29, 0.717) is 19.5 Å². The van der Waals surface area contributed by atoms with E-state index < -0.39 is 27.7 Å². The van der Waals surface area contributed by atoms with Crippen LogP contribution in [-0.2, 0) is 15.6 Å². The first-order chi connectivity index (χ1) is 12.2. The molecule has 0 amide bonds. The lowest BCUT2D eigenvalue weighted by atomic mass is 9.90.